The van der Waals surface area contributed by atoms with E-state index in [2.05, 4.69) is 66.2 Å². The lowest BCUT2D eigenvalue weighted by molar-refractivity contribution is 0.821. The summed E-state index contributed by atoms with van der Waals surface area (Å²) in [7, 11) is 0. The predicted molar refractivity (Wildman–Crippen MR) is 85.0 cm³/mol. The summed E-state index contributed by atoms with van der Waals surface area (Å²) in [5.74, 6) is 0. The second-order valence-electron chi connectivity index (χ2n) is 5.26. The standard InChI is InChI=1S/C18H20N2/c1-14-6-2-3-7-15(14)12-20-13-16(10-11-19)17-8-4-5-9-18(17)20/h2-9,13H,10-12,19H2,1H3. The summed E-state index contributed by atoms with van der Waals surface area (Å²) in [4.78, 5) is 0. The third kappa shape index (κ3) is 2.35. The summed E-state index contributed by atoms with van der Waals surface area (Å²) >= 11 is 0. The molecular formula is C18H20N2. The lowest BCUT2D eigenvalue weighted by Crippen LogP contribution is -2.02. The quantitative estimate of drug-likeness (QED) is 0.768. The average molecular weight is 264 g/mol. The van der Waals surface area contributed by atoms with Gasteiger partial charge in [0.2, 0.25) is 0 Å². The molecule has 0 atom stereocenters. The van der Waals surface area contributed by atoms with E-state index in [0.29, 0.717) is 6.54 Å². The fourth-order valence-corrected chi connectivity index (χ4v) is 2.78. The van der Waals surface area contributed by atoms with Crippen molar-refractivity contribution in [3.05, 3.63) is 71.4 Å². The van der Waals surface area contributed by atoms with Crippen LogP contribution in [-0.2, 0) is 13.0 Å². The Morgan fingerprint density at radius 2 is 1.70 bits per heavy atom. The number of aryl methyl sites for hydroxylation is 1. The van der Waals surface area contributed by atoms with Crippen molar-refractivity contribution >= 4 is 10.9 Å². The Bertz CT molecular complexity index is 725. The molecule has 20 heavy (non-hydrogen) atoms. The van der Waals surface area contributed by atoms with E-state index in [9.17, 15) is 0 Å². The molecule has 0 aliphatic heterocycles. The first-order valence-corrected chi connectivity index (χ1v) is 7.11. The normalized spacial score (nSPS) is 11.1. The maximum atomic E-state index is 5.73. The van der Waals surface area contributed by atoms with E-state index >= 15 is 0 Å². The molecule has 0 unspecified atom stereocenters. The number of nitrogens with two attached hydrogens (primary N) is 1. The van der Waals surface area contributed by atoms with Crippen molar-refractivity contribution in [2.24, 2.45) is 5.73 Å². The Hall–Kier alpha value is -2.06. The van der Waals surface area contributed by atoms with E-state index in [4.69, 9.17) is 5.73 Å². The van der Waals surface area contributed by atoms with Crippen LogP contribution in [0.2, 0.25) is 0 Å². The van der Waals surface area contributed by atoms with E-state index in [1.165, 1.54) is 27.6 Å². The van der Waals surface area contributed by atoms with Crippen LogP contribution in [0.5, 0.6) is 0 Å². The number of aromatic nitrogens is 1. The zero-order valence-corrected chi connectivity index (χ0v) is 11.8. The van der Waals surface area contributed by atoms with E-state index in [-0.39, 0.29) is 0 Å². The molecule has 0 saturated heterocycles. The Balaban J connectivity index is 2.05. The summed E-state index contributed by atoms with van der Waals surface area (Å²) in [5, 5.41) is 1.33. The van der Waals surface area contributed by atoms with Gasteiger partial charge in [0, 0.05) is 23.6 Å². The highest BCUT2D eigenvalue weighted by molar-refractivity contribution is 5.84. The smallest absolute Gasteiger partial charge is 0.0486 e. The molecule has 2 aromatic carbocycles. The summed E-state index contributed by atoms with van der Waals surface area (Å²) in [5.41, 5.74) is 11.1. The molecule has 0 radical (unpaired) electrons. The lowest BCUT2D eigenvalue weighted by Gasteiger charge is -2.08. The molecule has 0 spiro atoms. The van der Waals surface area contributed by atoms with Gasteiger partial charge in [-0.1, -0.05) is 42.5 Å². The number of fused-ring (bicyclic) bond motifs is 1. The highest BCUT2D eigenvalue weighted by atomic mass is 15.0. The van der Waals surface area contributed by atoms with E-state index < -0.39 is 0 Å². The van der Waals surface area contributed by atoms with Gasteiger partial charge in [-0.2, -0.15) is 0 Å². The van der Waals surface area contributed by atoms with Crippen LogP contribution in [-0.4, -0.2) is 11.1 Å². The molecule has 2 N–H and O–H groups in total. The number of nitrogens with zero attached hydrogens (tertiary/aromatic N) is 1. The highest BCUT2D eigenvalue weighted by Gasteiger charge is 2.08. The molecule has 0 amide bonds. The monoisotopic (exact) mass is 264 g/mol. The van der Waals surface area contributed by atoms with Gasteiger partial charge >= 0.3 is 0 Å². The van der Waals surface area contributed by atoms with E-state index in [1.54, 1.807) is 0 Å². The molecular weight excluding hydrogens is 244 g/mol. The van der Waals surface area contributed by atoms with E-state index in [0.717, 1.165) is 13.0 Å². The Kier molecular flexibility index (Phi) is 3.57. The molecule has 0 fully saturated rings. The van der Waals surface area contributed by atoms with Crippen molar-refractivity contribution in [3.8, 4) is 0 Å². The Labute approximate surface area is 119 Å². The third-order valence-corrected chi connectivity index (χ3v) is 3.89. The predicted octanol–water partition coefficient (Wildman–Crippen LogP) is 3.50. The minimum absolute atomic E-state index is 0.693. The summed E-state index contributed by atoms with van der Waals surface area (Å²) < 4.78 is 2.34. The first-order valence-electron chi connectivity index (χ1n) is 7.11. The minimum atomic E-state index is 0.693. The van der Waals surface area contributed by atoms with Gasteiger partial charge in [0.05, 0.1) is 0 Å². The van der Waals surface area contributed by atoms with Crippen molar-refractivity contribution in [1.82, 2.24) is 4.57 Å². The summed E-state index contributed by atoms with van der Waals surface area (Å²) in [6.07, 6.45) is 3.19. The Morgan fingerprint density at radius 1 is 0.950 bits per heavy atom. The minimum Gasteiger partial charge on any atom is -0.343 e. The molecule has 0 aliphatic rings. The fraction of sp³-hybridized carbons (Fsp3) is 0.222. The molecule has 2 heteroatoms. The second-order valence-corrected chi connectivity index (χ2v) is 5.26. The molecule has 0 saturated carbocycles. The van der Waals surface area contributed by atoms with Crippen LogP contribution in [0.3, 0.4) is 0 Å². The van der Waals surface area contributed by atoms with Gasteiger partial charge in [0.15, 0.2) is 0 Å². The van der Waals surface area contributed by atoms with Crippen molar-refractivity contribution in [2.75, 3.05) is 6.54 Å². The third-order valence-electron chi connectivity index (χ3n) is 3.89. The average Bonchev–Trinajstić information content (AvgIpc) is 2.81. The van der Waals surface area contributed by atoms with Crippen LogP contribution in [0.15, 0.2) is 54.7 Å². The van der Waals surface area contributed by atoms with Gasteiger partial charge in [-0.05, 0) is 42.6 Å². The van der Waals surface area contributed by atoms with Gasteiger partial charge in [-0.25, -0.2) is 0 Å². The molecule has 2 nitrogen and oxygen atoms in total. The number of hydrogen-bond acceptors (Lipinski definition) is 1. The SMILES string of the molecule is Cc1ccccc1Cn1cc(CCN)c2ccccc21. The van der Waals surface area contributed by atoms with Crippen LogP contribution in [0.4, 0.5) is 0 Å². The van der Waals surface area contributed by atoms with Crippen molar-refractivity contribution < 1.29 is 0 Å². The second kappa shape index (κ2) is 5.51. The summed E-state index contributed by atoms with van der Waals surface area (Å²) in [6.45, 7) is 3.78. The number of rotatable bonds is 4. The zero-order chi connectivity index (χ0) is 13.9. The van der Waals surface area contributed by atoms with Crippen LogP contribution in [0.1, 0.15) is 16.7 Å². The van der Waals surface area contributed by atoms with Crippen LogP contribution in [0.25, 0.3) is 10.9 Å². The van der Waals surface area contributed by atoms with Gasteiger partial charge in [-0.15, -0.1) is 0 Å². The van der Waals surface area contributed by atoms with Crippen molar-refractivity contribution in [3.63, 3.8) is 0 Å². The van der Waals surface area contributed by atoms with Crippen LogP contribution < -0.4 is 5.73 Å². The first kappa shape index (κ1) is 12.9. The highest BCUT2D eigenvalue weighted by Crippen LogP contribution is 2.23. The number of hydrogen-bond donors (Lipinski definition) is 1. The lowest BCUT2D eigenvalue weighted by atomic mass is 10.1. The first-order chi connectivity index (χ1) is 9.79. The van der Waals surface area contributed by atoms with Crippen LogP contribution in [0, 0.1) is 6.92 Å². The van der Waals surface area contributed by atoms with E-state index in [1.807, 2.05) is 0 Å². The molecule has 1 aromatic heterocycles. The maximum Gasteiger partial charge on any atom is 0.0486 e. The maximum absolute atomic E-state index is 5.73. The number of para-hydroxylation sites is 1. The van der Waals surface area contributed by atoms with Gasteiger partial charge in [-0.3, -0.25) is 0 Å². The molecule has 1 heterocycles. The summed E-state index contributed by atoms with van der Waals surface area (Å²) in [6, 6.07) is 17.1. The number of benzene rings is 2. The van der Waals surface area contributed by atoms with Gasteiger partial charge < -0.3 is 10.3 Å². The fourth-order valence-electron chi connectivity index (χ4n) is 2.78. The topological polar surface area (TPSA) is 30.9 Å². The molecule has 3 aromatic rings. The van der Waals surface area contributed by atoms with Gasteiger partial charge in [0.1, 0.15) is 0 Å². The molecule has 3 rings (SSSR count). The molecule has 0 aliphatic carbocycles. The van der Waals surface area contributed by atoms with Crippen LogP contribution >= 0.6 is 0 Å². The molecule has 102 valence electrons. The molecule has 0 bridgehead atoms. The zero-order valence-electron chi connectivity index (χ0n) is 11.8. The largest absolute Gasteiger partial charge is 0.343 e. The Morgan fingerprint density at radius 3 is 2.50 bits per heavy atom. The van der Waals surface area contributed by atoms with Gasteiger partial charge in [0.25, 0.3) is 0 Å². The van der Waals surface area contributed by atoms with Crippen molar-refractivity contribution in [2.45, 2.75) is 19.9 Å². The van der Waals surface area contributed by atoms with Crippen molar-refractivity contribution in [1.29, 1.82) is 0 Å².